The summed E-state index contributed by atoms with van der Waals surface area (Å²) < 4.78 is 4.95. The number of esters is 1. The van der Waals surface area contributed by atoms with Gasteiger partial charge >= 0.3 is 5.97 Å². The Labute approximate surface area is 161 Å². The number of ether oxygens (including phenoxy) is 1. The lowest BCUT2D eigenvalue weighted by molar-refractivity contribution is -0.121. The number of amidine groups is 1. The Bertz CT molecular complexity index is 935. The van der Waals surface area contributed by atoms with Gasteiger partial charge in [0.1, 0.15) is 5.75 Å². The Balaban J connectivity index is 1.82. The van der Waals surface area contributed by atoms with Crippen molar-refractivity contribution in [3.63, 3.8) is 0 Å². The second-order valence-corrected chi connectivity index (χ2v) is 6.70. The van der Waals surface area contributed by atoms with Crippen molar-refractivity contribution in [1.82, 2.24) is 4.90 Å². The lowest BCUT2D eigenvalue weighted by Crippen LogP contribution is -2.23. The van der Waals surface area contributed by atoms with E-state index in [0.717, 1.165) is 0 Å². The number of benzene rings is 2. The molecule has 27 heavy (non-hydrogen) atoms. The van der Waals surface area contributed by atoms with E-state index in [9.17, 15) is 14.7 Å². The number of aromatic hydroxyl groups is 1. The van der Waals surface area contributed by atoms with Crippen LogP contribution in [0.1, 0.15) is 22.8 Å². The summed E-state index contributed by atoms with van der Waals surface area (Å²) in [5, 5.41) is 10.4. The Morgan fingerprint density at radius 3 is 2.59 bits per heavy atom. The Kier molecular flexibility index (Phi) is 5.61. The average Bonchev–Trinajstić information content (AvgIpc) is 2.92. The number of likely N-dealkylation sites (N-methyl/N-ethyl adjacent to an activating group) is 1. The molecule has 1 aliphatic rings. The number of hydrogen-bond donors (Lipinski definition) is 1. The highest BCUT2D eigenvalue weighted by Crippen LogP contribution is 2.34. The van der Waals surface area contributed by atoms with Gasteiger partial charge < -0.3 is 9.84 Å². The molecule has 2 aromatic rings. The number of nitrogens with zero attached hydrogens (tertiary/aromatic N) is 2. The van der Waals surface area contributed by atoms with Gasteiger partial charge in [-0.25, -0.2) is 9.79 Å². The van der Waals surface area contributed by atoms with Gasteiger partial charge in [-0.2, -0.15) is 0 Å². The van der Waals surface area contributed by atoms with Crippen molar-refractivity contribution < 1.29 is 19.4 Å². The molecule has 0 unspecified atom stereocenters. The highest BCUT2D eigenvalue weighted by molar-refractivity contribution is 8.18. The third-order valence-corrected chi connectivity index (χ3v) is 4.89. The number of amides is 1. The highest BCUT2D eigenvalue weighted by Gasteiger charge is 2.30. The van der Waals surface area contributed by atoms with Gasteiger partial charge in [0.25, 0.3) is 5.91 Å². The van der Waals surface area contributed by atoms with E-state index in [1.165, 1.54) is 16.7 Å². The normalized spacial score (nSPS) is 17.0. The zero-order chi connectivity index (χ0) is 19.4. The van der Waals surface area contributed by atoms with Crippen molar-refractivity contribution >= 4 is 40.6 Å². The van der Waals surface area contributed by atoms with Gasteiger partial charge in [0.2, 0.25) is 0 Å². The number of phenols is 1. The molecule has 1 heterocycles. The summed E-state index contributed by atoms with van der Waals surface area (Å²) in [6.45, 7) is 2.07. The lowest BCUT2D eigenvalue weighted by atomic mass is 10.2. The standard InChI is InChI=1S/C20H18N2O4S/c1-3-26-19(25)13-8-10-15(11-9-13)21-20-22(2)18(24)17(27-20)12-14-6-4-5-7-16(14)23/h4-12,23H,3H2,1-2H3/b17-12+,21-20?. The van der Waals surface area contributed by atoms with Gasteiger partial charge in [-0.3, -0.25) is 9.69 Å². The maximum atomic E-state index is 12.5. The molecule has 0 aromatic heterocycles. The van der Waals surface area contributed by atoms with Crippen LogP contribution in [-0.2, 0) is 9.53 Å². The molecule has 1 N–H and O–H groups in total. The minimum atomic E-state index is -0.382. The molecule has 0 saturated carbocycles. The topological polar surface area (TPSA) is 79.2 Å². The number of thioether (sulfide) groups is 1. The monoisotopic (exact) mass is 382 g/mol. The second kappa shape index (κ2) is 8.09. The van der Waals surface area contributed by atoms with Crippen LogP contribution in [0.3, 0.4) is 0 Å². The molecule has 0 spiro atoms. The van der Waals surface area contributed by atoms with E-state index >= 15 is 0 Å². The van der Waals surface area contributed by atoms with Gasteiger partial charge in [0.05, 0.1) is 22.8 Å². The van der Waals surface area contributed by atoms with E-state index in [1.54, 1.807) is 68.6 Å². The summed E-state index contributed by atoms with van der Waals surface area (Å²) in [6, 6.07) is 13.5. The molecule has 0 aliphatic carbocycles. The number of phenolic OH excluding ortho intramolecular Hbond substituents is 1. The van der Waals surface area contributed by atoms with Crippen LogP contribution in [0.15, 0.2) is 58.4 Å². The van der Waals surface area contributed by atoms with Crippen molar-refractivity contribution in [2.24, 2.45) is 4.99 Å². The molecule has 1 saturated heterocycles. The molecule has 2 aromatic carbocycles. The fraction of sp³-hybridized carbons (Fsp3) is 0.150. The maximum Gasteiger partial charge on any atom is 0.338 e. The average molecular weight is 382 g/mol. The van der Waals surface area contributed by atoms with E-state index in [0.29, 0.717) is 33.5 Å². The van der Waals surface area contributed by atoms with Crippen LogP contribution in [0.25, 0.3) is 6.08 Å². The van der Waals surface area contributed by atoms with E-state index < -0.39 is 0 Å². The van der Waals surface area contributed by atoms with Gasteiger partial charge in [0, 0.05) is 12.6 Å². The van der Waals surface area contributed by atoms with Crippen LogP contribution in [0.2, 0.25) is 0 Å². The van der Waals surface area contributed by atoms with E-state index in [2.05, 4.69) is 4.99 Å². The van der Waals surface area contributed by atoms with E-state index in [4.69, 9.17) is 4.74 Å². The summed E-state index contributed by atoms with van der Waals surface area (Å²) in [5.74, 6) is -0.460. The van der Waals surface area contributed by atoms with E-state index in [-0.39, 0.29) is 17.6 Å². The summed E-state index contributed by atoms with van der Waals surface area (Å²) in [4.78, 5) is 30.6. The minimum absolute atomic E-state index is 0.112. The third kappa shape index (κ3) is 4.20. The number of para-hydroxylation sites is 1. The fourth-order valence-electron chi connectivity index (χ4n) is 2.40. The molecule has 1 fully saturated rings. The van der Waals surface area contributed by atoms with Gasteiger partial charge in [-0.15, -0.1) is 0 Å². The summed E-state index contributed by atoms with van der Waals surface area (Å²) in [5.41, 5.74) is 1.64. The molecule has 7 heteroatoms. The molecular formula is C20H18N2O4S. The predicted molar refractivity (Wildman–Crippen MR) is 106 cm³/mol. The SMILES string of the molecule is CCOC(=O)c1ccc(N=C2S/C(=C/c3ccccc3O)C(=O)N2C)cc1. The minimum Gasteiger partial charge on any atom is -0.507 e. The molecule has 0 radical (unpaired) electrons. The number of carbonyl (C=O) groups excluding carboxylic acids is 2. The highest BCUT2D eigenvalue weighted by atomic mass is 32.2. The molecule has 1 aliphatic heterocycles. The van der Waals surface area contributed by atoms with Crippen LogP contribution in [0.5, 0.6) is 5.75 Å². The predicted octanol–water partition coefficient (Wildman–Crippen LogP) is 3.80. The van der Waals surface area contributed by atoms with Crippen LogP contribution in [-0.4, -0.2) is 40.7 Å². The summed E-state index contributed by atoms with van der Waals surface area (Å²) in [6.07, 6.45) is 1.64. The zero-order valence-electron chi connectivity index (χ0n) is 14.9. The van der Waals surface area contributed by atoms with Gasteiger partial charge in [-0.1, -0.05) is 18.2 Å². The van der Waals surface area contributed by atoms with Crippen LogP contribution in [0.4, 0.5) is 5.69 Å². The first-order valence-corrected chi connectivity index (χ1v) is 9.12. The second-order valence-electron chi connectivity index (χ2n) is 5.70. The Hall–Kier alpha value is -3.06. The molecule has 6 nitrogen and oxygen atoms in total. The van der Waals surface area contributed by atoms with Crippen LogP contribution >= 0.6 is 11.8 Å². The summed E-state index contributed by atoms with van der Waals surface area (Å²) >= 11 is 1.23. The lowest BCUT2D eigenvalue weighted by Gasteiger charge is -2.07. The van der Waals surface area contributed by atoms with Crippen LogP contribution < -0.4 is 0 Å². The number of hydrogen-bond acceptors (Lipinski definition) is 6. The number of carbonyl (C=O) groups is 2. The smallest absolute Gasteiger partial charge is 0.338 e. The van der Waals surface area contributed by atoms with Gasteiger partial charge in [0.15, 0.2) is 5.17 Å². The zero-order valence-corrected chi connectivity index (χ0v) is 15.7. The number of rotatable bonds is 4. The fourth-order valence-corrected chi connectivity index (χ4v) is 3.38. The van der Waals surface area contributed by atoms with Crippen molar-refractivity contribution in [3.05, 3.63) is 64.6 Å². The number of aliphatic imine (C=N–C) groups is 1. The molecule has 138 valence electrons. The van der Waals surface area contributed by atoms with Crippen molar-refractivity contribution in [1.29, 1.82) is 0 Å². The molecule has 1 amide bonds. The molecule has 0 atom stereocenters. The molecule has 0 bridgehead atoms. The van der Waals surface area contributed by atoms with Crippen molar-refractivity contribution in [2.75, 3.05) is 13.7 Å². The first-order valence-electron chi connectivity index (χ1n) is 8.31. The quantitative estimate of drug-likeness (QED) is 0.643. The largest absolute Gasteiger partial charge is 0.507 e. The Morgan fingerprint density at radius 1 is 1.22 bits per heavy atom. The first kappa shape index (κ1) is 18.7. The molecular weight excluding hydrogens is 364 g/mol. The van der Waals surface area contributed by atoms with Crippen molar-refractivity contribution in [2.45, 2.75) is 6.92 Å². The Morgan fingerprint density at radius 2 is 1.93 bits per heavy atom. The van der Waals surface area contributed by atoms with E-state index in [1.807, 2.05) is 0 Å². The third-order valence-electron chi connectivity index (χ3n) is 3.83. The summed E-state index contributed by atoms with van der Waals surface area (Å²) in [7, 11) is 1.65. The van der Waals surface area contributed by atoms with Gasteiger partial charge in [-0.05, 0) is 55.1 Å². The first-order chi connectivity index (χ1) is 13.0. The molecule has 3 rings (SSSR count). The van der Waals surface area contributed by atoms with Crippen molar-refractivity contribution in [3.8, 4) is 5.75 Å². The van der Waals surface area contributed by atoms with Crippen LogP contribution in [0, 0.1) is 0 Å². The maximum absolute atomic E-state index is 12.5.